The van der Waals surface area contributed by atoms with Gasteiger partial charge >= 0.3 is 5.97 Å². The van der Waals surface area contributed by atoms with Gasteiger partial charge in [-0.2, -0.15) is 0 Å². The third kappa shape index (κ3) is 3.65. The summed E-state index contributed by atoms with van der Waals surface area (Å²) in [5.41, 5.74) is 2.38. The molecule has 0 fully saturated rings. The van der Waals surface area contributed by atoms with Crippen molar-refractivity contribution in [2.75, 3.05) is 7.11 Å². The number of carbonyl (C=O) groups is 1. The maximum Gasteiger partial charge on any atom is 0.304 e. The smallest absolute Gasteiger partial charge is 0.304 e. The lowest BCUT2D eigenvalue weighted by Crippen LogP contribution is -2.09. The summed E-state index contributed by atoms with van der Waals surface area (Å²) in [7, 11) is 1.60. The van der Waals surface area contributed by atoms with Gasteiger partial charge in [0, 0.05) is 30.4 Å². The van der Waals surface area contributed by atoms with Gasteiger partial charge < -0.3 is 14.3 Å². The highest BCUT2D eigenvalue weighted by molar-refractivity contribution is 5.71. The molecule has 0 aliphatic carbocycles. The molecule has 2 heterocycles. The molecule has 0 amide bonds. The molecule has 3 aromatic rings. The average molecular weight is 339 g/mol. The molecule has 1 unspecified atom stereocenters. The maximum absolute atomic E-state index is 11.3. The number of aryl methyl sites for hydroxylation is 1. The summed E-state index contributed by atoms with van der Waals surface area (Å²) in [5.74, 6) is -0.160. The molecule has 0 bridgehead atoms. The monoisotopic (exact) mass is 339 g/mol. The maximum atomic E-state index is 11.3. The van der Waals surface area contributed by atoms with Crippen LogP contribution in [0.3, 0.4) is 0 Å². The van der Waals surface area contributed by atoms with Gasteiger partial charge in [-0.05, 0) is 17.7 Å². The van der Waals surface area contributed by atoms with Gasteiger partial charge in [-0.1, -0.05) is 18.2 Å². The molecule has 0 saturated heterocycles. The zero-order valence-electron chi connectivity index (χ0n) is 13.8. The number of pyridine rings is 1. The quantitative estimate of drug-likeness (QED) is 0.737. The molecule has 128 valence electrons. The standard InChI is InChI=1S/C18H17N3O4/c1-11-20-21-18(25-11)15(8-17(22)23)13-7-12(9-19-10-13)14-5-3-4-6-16(14)24-2/h3-7,9-10,15H,8H2,1-2H3,(H,22,23). The van der Waals surface area contributed by atoms with Gasteiger partial charge in [0.15, 0.2) is 0 Å². The minimum Gasteiger partial charge on any atom is -0.496 e. The van der Waals surface area contributed by atoms with Gasteiger partial charge in [-0.15, -0.1) is 10.2 Å². The van der Waals surface area contributed by atoms with E-state index in [1.54, 1.807) is 26.4 Å². The lowest BCUT2D eigenvalue weighted by molar-refractivity contribution is -0.137. The van der Waals surface area contributed by atoms with Crippen LogP contribution < -0.4 is 4.74 Å². The van der Waals surface area contributed by atoms with Gasteiger partial charge in [0.25, 0.3) is 0 Å². The molecular formula is C18H17N3O4. The van der Waals surface area contributed by atoms with Crippen molar-refractivity contribution in [2.24, 2.45) is 0 Å². The van der Waals surface area contributed by atoms with Crippen molar-refractivity contribution in [2.45, 2.75) is 19.3 Å². The summed E-state index contributed by atoms with van der Waals surface area (Å²) < 4.78 is 10.8. The number of carboxylic acid groups (broad SMARTS) is 1. The molecule has 0 aliphatic rings. The largest absolute Gasteiger partial charge is 0.496 e. The number of methoxy groups -OCH3 is 1. The first-order chi connectivity index (χ1) is 12.1. The Balaban J connectivity index is 2.04. The van der Waals surface area contributed by atoms with E-state index in [0.29, 0.717) is 17.2 Å². The number of para-hydroxylation sites is 1. The highest BCUT2D eigenvalue weighted by Gasteiger charge is 2.24. The van der Waals surface area contributed by atoms with Gasteiger partial charge in [-0.25, -0.2) is 0 Å². The fraction of sp³-hybridized carbons (Fsp3) is 0.222. The Labute approximate surface area is 144 Å². The third-order valence-corrected chi connectivity index (χ3v) is 3.80. The number of carboxylic acids is 1. The lowest BCUT2D eigenvalue weighted by Gasteiger charge is -2.13. The molecular weight excluding hydrogens is 322 g/mol. The SMILES string of the molecule is COc1ccccc1-c1cncc(C(CC(=O)O)c2nnc(C)o2)c1. The zero-order valence-corrected chi connectivity index (χ0v) is 13.8. The van der Waals surface area contributed by atoms with E-state index in [9.17, 15) is 9.90 Å². The van der Waals surface area contributed by atoms with E-state index in [0.717, 1.165) is 11.1 Å². The van der Waals surface area contributed by atoms with Crippen molar-refractivity contribution in [3.05, 3.63) is 60.1 Å². The van der Waals surface area contributed by atoms with Crippen molar-refractivity contribution in [1.82, 2.24) is 15.2 Å². The highest BCUT2D eigenvalue weighted by Crippen LogP contribution is 2.33. The van der Waals surface area contributed by atoms with E-state index in [4.69, 9.17) is 9.15 Å². The number of aromatic nitrogens is 3. The Morgan fingerprint density at radius 2 is 2.08 bits per heavy atom. The second kappa shape index (κ2) is 7.12. The minimum absolute atomic E-state index is 0.168. The molecule has 1 aromatic carbocycles. The molecule has 0 aliphatic heterocycles. The number of nitrogens with zero attached hydrogens (tertiary/aromatic N) is 3. The van der Waals surface area contributed by atoms with E-state index < -0.39 is 11.9 Å². The Bertz CT molecular complexity index is 891. The van der Waals surface area contributed by atoms with Gasteiger partial charge in [-0.3, -0.25) is 9.78 Å². The first kappa shape index (κ1) is 16.6. The lowest BCUT2D eigenvalue weighted by atomic mass is 9.94. The molecule has 7 heteroatoms. The second-order valence-electron chi connectivity index (χ2n) is 5.52. The average Bonchev–Trinajstić information content (AvgIpc) is 3.05. The van der Waals surface area contributed by atoms with Gasteiger partial charge in [0.2, 0.25) is 11.8 Å². The van der Waals surface area contributed by atoms with Crippen LogP contribution in [-0.2, 0) is 4.79 Å². The van der Waals surface area contributed by atoms with Crippen LogP contribution in [0.25, 0.3) is 11.1 Å². The zero-order chi connectivity index (χ0) is 17.8. The molecule has 2 aromatic heterocycles. The fourth-order valence-electron chi connectivity index (χ4n) is 2.65. The fourth-order valence-corrected chi connectivity index (χ4v) is 2.65. The van der Waals surface area contributed by atoms with Crippen LogP contribution in [0.5, 0.6) is 5.75 Å². The van der Waals surface area contributed by atoms with Crippen LogP contribution in [0.4, 0.5) is 0 Å². The van der Waals surface area contributed by atoms with Crippen LogP contribution in [0, 0.1) is 6.92 Å². The number of aliphatic carboxylic acids is 1. The number of benzene rings is 1. The molecule has 25 heavy (non-hydrogen) atoms. The molecule has 1 atom stereocenters. The molecule has 0 radical (unpaired) electrons. The Morgan fingerprint density at radius 3 is 2.76 bits per heavy atom. The van der Waals surface area contributed by atoms with E-state index in [1.165, 1.54) is 0 Å². The number of hydrogen-bond donors (Lipinski definition) is 1. The second-order valence-corrected chi connectivity index (χ2v) is 5.52. The Hall–Kier alpha value is -3.22. The summed E-state index contributed by atoms with van der Waals surface area (Å²) in [6, 6.07) is 9.44. The van der Waals surface area contributed by atoms with Gasteiger partial charge in [0.05, 0.1) is 19.4 Å². The number of rotatable bonds is 6. The predicted octanol–water partition coefficient (Wildman–Crippen LogP) is 3.06. The summed E-state index contributed by atoms with van der Waals surface area (Å²) >= 11 is 0. The van der Waals surface area contributed by atoms with Crippen molar-refractivity contribution >= 4 is 5.97 Å². The van der Waals surface area contributed by atoms with Crippen molar-refractivity contribution in [3.63, 3.8) is 0 Å². The van der Waals surface area contributed by atoms with E-state index in [2.05, 4.69) is 15.2 Å². The number of ether oxygens (including phenoxy) is 1. The van der Waals surface area contributed by atoms with E-state index >= 15 is 0 Å². The minimum atomic E-state index is -0.955. The molecule has 0 saturated carbocycles. The summed E-state index contributed by atoms with van der Waals surface area (Å²) in [4.78, 5) is 15.5. The molecule has 0 spiro atoms. The van der Waals surface area contributed by atoms with Gasteiger partial charge in [0.1, 0.15) is 5.75 Å². The van der Waals surface area contributed by atoms with E-state index in [1.807, 2.05) is 30.3 Å². The van der Waals surface area contributed by atoms with Crippen LogP contribution in [-0.4, -0.2) is 33.4 Å². The summed E-state index contributed by atoms with van der Waals surface area (Å²) in [5, 5.41) is 17.0. The van der Waals surface area contributed by atoms with Crippen LogP contribution in [0.1, 0.15) is 29.7 Å². The first-order valence-corrected chi connectivity index (χ1v) is 7.68. The van der Waals surface area contributed by atoms with Crippen molar-refractivity contribution in [3.8, 4) is 16.9 Å². The van der Waals surface area contributed by atoms with Crippen molar-refractivity contribution in [1.29, 1.82) is 0 Å². The number of hydrogen-bond acceptors (Lipinski definition) is 6. The molecule has 7 nitrogen and oxygen atoms in total. The normalized spacial score (nSPS) is 11.9. The Morgan fingerprint density at radius 1 is 1.28 bits per heavy atom. The predicted molar refractivity (Wildman–Crippen MR) is 89.4 cm³/mol. The third-order valence-electron chi connectivity index (χ3n) is 3.80. The van der Waals surface area contributed by atoms with Crippen LogP contribution in [0.15, 0.2) is 47.1 Å². The Kier molecular flexibility index (Phi) is 4.74. The van der Waals surface area contributed by atoms with E-state index in [-0.39, 0.29) is 12.3 Å². The summed E-state index contributed by atoms with van der Waals surface area (Å²) in [6.07, 6.45) is 3.16. The molecule has 1 N–H and O–H groups in total. The van der Waals surface area contributed by atoms with Crippen LogP contribution in [0.2, 0.25) is 0 Å². The highest BCUT2D eigenvalue weighted by atomic mass is 16.5. The first-order valence-electron chi connectivity index (χ1n) is 7.68. The van der Waals surface area contributed by atoms with Crippen molar-refractivity contribution < 1.29 is 19.1 Å². The topological polar surface area (TPSA) is 98.3 Å². The van der Waals surface area contributed by atoms with Crippen LogP contribution >= 0.6 is 0 Å². The summed E-state index contributed by atoms with van der Waals surface area (Å²) in [6.45, 7) is 1.66. The molecule has 3 rings (SSSR count).